The zero-order valence-corrected chi connectivity index (χ0v) is 12.2. The molecule has 0 saturated carbocycles. The van der Waals surface area contributed by atoms with Crippen LogP contribution in [-0.4, -0.2) is 28.6 Å². The van der Waals surface area contributed by atoms with Crippen LogP contribution >= 0.6 is 11.3 Å². The van der Waals surface area contributed by atoms with E-state index in [0.29, 0.717) is 6.42 Å². The Morgan fingerprint density at radius 2 is 2.30 bits per heavy atom. The number of aliphatic hydroxyl groups is 1. The number of nitrogens with zero attached hydrogens (tertiary/aromatic N) is 1. The summed E-state index contributed by atoms with van der Waals surface area (Å²) in [6.07, 6.45) is 4.61. The van der Waals surface area contributed by atoms with Gasteiger partial charge in [-0.05, 0) is 31.1 Å². The molecule has 0 spiro atoms. The van der Waals surface area contributed by atoms with Gasteiger partial charge in [0.2, 0.25) is 5.91 Å². The molecule has 4 nitrogen and oxygen atoms in total. The molecule has 1 atom stereocenters. The number of carbonyl (C=O) groups excluding carboxylic acids is 1. The molecule has 1 unspecified atom stereocenters. The summed E-state index contributed by atoms with van der Waals surface area (Å²) in [6, 6.07) is 7.91. The molecule has 0 fully saturated rings. The third kappa shape index (κ3) is 3.88. The molecule has 0 radical (unpaired) electrons. The number of amides is 1. The van der Waals surface area contributed by atoms with E-state index in [1.807, 2.05) is 31.2 Å². The van der Waals surface area contributed by atoms with Crippen molar-refractivity contribution < 1.29 is 9.90 Å². The predicted molar refractivity (Wildman–Crippen MR) is 82.6 cm³/mol. The Labute approximate surface area is 122 Å². The topological polar surface area (TPSA) is 62.2 Å². The molecule has 2 rings (SSSR count). The van der Waals surface area contributed by atoms with E-state index in [4.69, 9.17) is 5.11 Å². The second kappa shape index (κ2) is 7.17. The van der Waals surface area contributed by atoms with E-state index in [9.17, 15) is 4.79 Å². The van der Waals surface area contributed by atoms with Gasteiger partial charge in [0.25, 0.3) is 0 Å². The van der Waals surface area contributed by atoms with Crippen molar-refractivity contribution in [2.75, 3.05) is 6.61 Å². The van der Waals surface area contributed by atoms with Crippen LogP contribution in [0.15, 0.2) is 30.3 Å². The fraction of sp³-hybridized carbons (Fsp3) is 0.333. The molecular weight excluding hydrogens is 272 g/mol. The quantitative estimate of drug-likeness (QED) is 0.804. The molecule has 5 heteroatoms. The van der Waals surface area contributed by atoms with Crippen molar-refractivity contribution in [2.45, 2.75) is 25.8 Å². The number of benzene rings is 1. The maximum atomic E-state index is 11.8. The van der Waals surface area contributed by atoms with E-state index >= 15 is 0 Å². The number of aromatic nitrogens is 1. The van der Waals surface area contributed by atoms with Gasteiger partial charge in [-0.15, -0.1) is 11.3 Å². The highest BCUT2D eigenvalue weighted by atomic mass is 32.1. The number of hydrogen-bond donors (Lipinski definition) is 2. The highest BCUT2D eigenvalue weighted by Crippen LogP contribution is 2.22. The average Bonchev–Trinajstić information content (AvgIpc) is 2.87. The van der Waals surface area contributed by atoms with Crippen LogP contribution in [0.1, 0.15) is 24.8 Å². The van der Waals surface area contributed by atoms with Crippen LogP contribution in [0.3, 0.4) is 0 Å². The molecule has 1 aromatic carbocycles. The van der Waals surface area contributed by atoms with Crippen LogP contribution in [0, 0.1) is 0 Å². The highest BCUT2D eigenvalue weighted by molar-refractivity contribution is 7.19. The van der Waals surface area contributed by atoms with E-state index in [1.165, 1.54) is 6.08 Å². The van der Waals surface area contributed by atoms with E-state index < -0.39 is 0 Å². The van der Waals surface area contributed by atoms with Gasteiger partial charge < -0.3 is 10.4 Å². The number of fused-ring (bicyclic) bond motifs is 1. The number of hydrogen-bond acceptors (Lipinski definition) is 4. The third-order valence-corrected chi connectivity index (χ3v) is 4.01. The molecule has 20 heavy (non-hydrogen) atoms. The van der Waals surface area contributed by atoms with Crippen molar-refractivity contribution in [1.82, 2.24) is 10.3 Å². The number of para-hydroxylation sites is 1. The van der Waals surface area contributed by atoms with Crippen molar-refractivity contribution >= 4 is 33.5 Å². The first-order valence-corrected chi connectivity index (χ1v) is 7.49. The molecule has 0 aliphatic heterocycles. The van der Waals surface area contributed by atoms with Gasteiger partial charge in [-0.3, -0.25) is 4.79 Å². The number of aliphatic hydroxyl groups excluding tert-OH is 1. The Kier molecular flexibility index (Phi) is 5.26. The van der Waals surface area contributed by atoms with Crippen LogP contribution in [-0.2, 0) is 4.79 Å². The van der Waals surface area contributed by atoms with Crippen LogP contribution < -0.4 is 5.32 Å². The van der Waals surface area contributed by atoms with Crippen molar-refractivity contribution in [1.29, 1.82) is 0 Å². The number of thiazole rings is 1. The van der Waals surface area contributed by atoms with E-state index in [0.717, 1.165) is 21.6 Å². The lowest BCUT2D eigenvalue weighted by molar-refractivity contribution is -0.117. The lowest BCUT2D eigenvalue weighted by Crippen LogP contribution is -2.33. The second-order valence-corrected chi connectivity index (χ2v) is 5.54. The molecule has 0 aliphatic carbocycles. The van der Waals surface area contributed by atoms with Gasteiger partial charge in [-0.25, -0.2) is 4.98 Å². The number of nitrogens with one attached hydrogen (secondary N) is 1. The largest absolute Gasteiger partial charge is 0.396 e. The zero-order chi connectivity index (χ0) is 14.4. The molecule has 0 bridgehead atoms. The molecule has 106 valence electrons. The van der Waals surface area contributed by atoms with Crippen LogP contribution in [0.2, 0.25) is 0 Å². The van der Waals surface area contributed by atoms with Gasteiger partial charge in [0, 0.05) is 18.7 Å². The summed E-state index contributed by atoms with van der Waals surface area (Å²) in [4.78, 5) is 16.2. The minimum atomic E-state index is -0.149. The van der Waals surface area contributed by atoms with Gasteiger partial charge >= 0.3 is 0 Å². The van der Waals surface area contributed by atoms with Gasteiger partial charge in [0.05, 0.1) is 10.2 Å². The Balaban J connectivity index is 1.99. The van der Waals surface area contributed by atoms with Crippen LogP contribution in [0.25, 0.3) is 16.3 Å². The highest BCUT2D eigenvalue weighted by Gasteiger charge is 2.07. The third-order valence-electron chi connectivity index (χ3n) is 3.00. The van der Waals surface area contributed by atoms with Gasteiger partial charge in [-0.2, -0.15) is 0 Å². The Morgan fingerprint density at radius 3 is 3.00 bits per heavy atom. The summed E-state index contributed by atoms with van der Waals surface area (Å²) in [5, 5.41) is 12.6. The van der Waals surface area contributed by atoms with E-state index in [2.05, 4.69) is 10.3 Å². The van der Waals surface area contributed by atoms with Crippen molar-refractivity contribution in [3.05, 3.63) is 35.3 Å². The molecule has 1 aromatic heterocycles. The Hall–Kier alpha value is -1.72. The fourth-order valence-corrected chi connectivity index (χ4v) is 2.76. The summed E-state index contributed by atoms with van der Waals surface area (Å²) in [7, 11) is 0. The lowest BCUT2D eigenvalue weighted by Gasteiger charge is -2.13. The second-order valence-electron chi connectivity index (χ2n) is 4.48. The number of rotatable bonds is 6. The van der Waals surface area contributed by atoms with E-state index in [1.54, 1.807) is 17.4 Å². The van der Waals surface area contributed by atoms with Crippen molar-refractivity contribution in [2.24, 2.45) is 0 Å². The maximum absolute atomic E-state index is 11.8. The average molecular weight is 290 g/mol. The standard InChI is InChI=1S/C15H18N2O2S/c1-2-11(9-10-18)16-14(19)7-8-15-17-12-5-3-4-6-13(12)20-15/h3-8,11,18H,2,9-10H2,1H3,(H,16,19)/b8-7+. The molecular formula is C15H18N2O2S. The molecule has 0 aliphatic rings. The first-order chi connectivity index (χ1) is 9.72. The SMILES string of the molecule is CCC(CCO)NC(=O)/C=C/c1nc2ccccc2s1. The Morgan fingerprint density at radius 1 is 1.50 bits per heavy atom. The molecule has 0 saturated heterocycles. The van der Waals surface area contributed by atoms with E-state index in [-0.39, 0.29) is 18.6 Å². The van der Waals surface area contributed by atoms with Crippen LogP contribution in [0.4, 0.5) is 0 Å². The normalized spacial score (nSPS) is 12.9. The minimum Gasteiger partial charge on any atom is -0.396 e. The minimum absolute atomic E-state index is 0.0208. The van der Waals surface area contributed by atoms with Crippen molar-refractivity contribution in [3.8, 4) is 0 Å². The summed E-state index contributed by atoms with van der Waals surface area (Å²) in [6.45, 7) is 2.07. The smallest absolute Gasteiger partial charge is 0.244 e. The summed E-state index contributed by atoms with van der Waals surface area (Å²) >= 11 is 1.56. The molecule has 2 N–H and O–H groups in total. The first kappa shape index (κ1) is 14.7. The first-order valence-electron chi connectivity index (χ1n) is 6.68. The van der Waals surface area contributed by atoms with Crippen molar-refractivity contribution in [3.63, 3.8) is 0 Å². The zero-order valence-electron chi connectivity index (χ0n) is 11.4. The maximum Gasteiger partial charge on any atom is 0.244 e. The summed E-state index contributed by atoms with van der Waals surface area (Å²) in [5.41, 5.74) is 0.948. The van der Waals surface area contributed by atoms with Crippen LogP contribution in [0.5, 0.6) is 0 Å². The number of carbonyl (C=O) groups is 1. The van der Waals surface area contributed by atoms with Gasteiger partial charge in [0.1, 0.15) is 5.01 Å². The lowest BCUT2D eigenvalue weighted by atomic mass is 10.1. The molecule has 2 aromatic rings. The van der Waals surface area contributed by atoms with Gasteiger partial charge in [-0.1, -0.05) is 19.1 Å². The Bertz CT molecular complexity index is 574. The summed E-state index contributed by atoms with van der Waals surface area (Å²) < 4.78 is 1.11. The molecule has 1 heterocycles. The molecule has 1 amide bonds. The summed E-state index contributed by atoms with van der Waals surface area (Å²) in [5.74, 6) is -0.149. The fourth-order valence-electron chi connectivity index (χ4n) is 1.89. The predicted octanol–water partition coefficient (Wildman–Crippen LogP) is 2.59. The monoisotopic (exact) mass is 290 g/mol. The van der Waals surface area contributed by atoms with Gasteiger partial charge in [0.15, 0.2) is 0 Å².